The number of hydrogen-bond donors (Lipinski definition) is 1. The molecular weight excluding hydrogens is 293 g/mol. The minimum Gasteiger partial charge on any atom is -0.376 e. The number of nitrogens with one attached hydrogen (secondary N) is 1. The minimum atomic E-state index is -4.27. The molecule has 1 aromatic rings. The van der Waals surface area contributed by atoms with Crippen molar-refractivity contribution in [2.75, 3.05) is 33.3 Å². The van der Waals surface area contributed by atoms with Gasteiger partial charge in [0.05, 0.1) is 11.7 Å². The maximum Gasteiger partial charge on any atom is 0.416 e. The van der Waals surface area contributed by atoms with E-state index in [9.17, 15) is 13.2 Å². The summed E-state index contributed by atoms with van der Waals surface area (Å²) in [4.78, 5) is 2.18. The van der Waals surface area contributed by atoms with E-state index in [1.165, 1.54) is 0 Å². The Kier molecular flexibility index (Phi) is 4.18. The lowest BCUT2D eigenvalue weighted by Gasteiger charge is -2.32. The van der Waals surface area contributed by atoms with Gasteiger partial charge in [0.15, 0.2) is 0 Å². The van der Waals surface area contributed by atoms with Gasteiger partial charge in [-0.15, -0.1) is 0 Å². The molecule has 122 valence electrons. The van der Waals surface area contributed by atoms with Gasteiger partial charge in [-0.1, -0.05) is 12.1 Å². The standard InChI is InChI=1S/C16H21F3N2O/c1-21(11-15-6-7-22-14(15)8-20-10-15)9-12-2-4-13(5-3-12)16(17,18)19/h2-5,14,20H,6-11H2,1H3/t14-,15+/m0/s1. The summed E-state index contributed by atoms with van der Waals surface area (Å²) in [6.07, 6.45) is -2.96. The van der Waals surface area contributed by atoms with E-state index < -0.39 is 11.7 Å². The molecule has 2 atom stereocenters. The lowest BCUT2D eigenvalue weighted by Crippen LogP contribution is -2.41. The molecule has 1 aromatic carbocycles. The number of hydrogen-bond acceptors (Lipinski definition) is 3. The van der Waals surface area contributed by atoms with Gasteiger partial charge in [-0.2, -0.15) is 13.2 Å². The van der Waals surface area contributed by atoms with Gasteiger partial charge >= 0.3 is 6.18 Å². The van der Waals surface area contributed by atoms with E-state index in [-0.39, 0.29) is 11.5 Å². The molecule has 0 saturated carbocycles. The maximum atomic E-state index is 12.6. The van der Waals surface area contributed by atoms with Gasteiger partial charge in [0.25, 0.3) is 0 Å². The van der Waals surface area contributed by atoms with Crippen LogP contribution < -0.4 is 5.32 Å². The third-order valence-electron chi connectivity index (χ3n) is 4.73. The predicted molar refractivity (Wildman–Crippen MR) is 77.4 cm³/mol. The highest BCUT2D eigenvalue weighted by Gasteiger charge is 2.47. The van der Waals surface area contributed by atoms with Crippen LogP contribution in [-0.4, -0.2) is 44.3 Å². The Morgan fingerprint density at radius 1 is 1.32 bits per heavy atom. The second-order valence-corrected chi connectivity index (χ2v) is 6.47. The minimum absolute atomic E-state index is 0.153. The molecule has 0 bridgehead atoms. The summed E-state index contributed by atoms with van der Waals surface area (Å²) in [5.41, 5.74) is 0.454. The third kappa shape index (κ3) is 3.14. The Morgan fingerprint density at radius 3 is 2.73 bits per heavy atom. The molecular formula is C16H21F3N2O. The zero-order valence-electron chi connectivity index (χ0n) is 12.6. The highest BCUT2D eigenvalue weighted by atomic mass is 19.4. The van der Waals surface area contributed by atoms with Crippen molar-refractivity contribution in [3.63, 3.8) is 0 Å². The quantitative estimate of drug-likeness (QED) is 0.924. The Hall–Kier alpha value is -1.11. The fourth-order valence-corrected chi connectivity index (χ4v) is 3.61. The fourth-order valence-electron chi connectivity index (χ4n) is 3.61. The first kappa shape index (κ1) is 15.8. The van der Waals surface area contributed by atoms with Crippen molar-refractivity contribution in [3.05, 3.63) is 35.4 Å². The van der Waals surface area contributed by atoms with Gasteiger partial charge in [0.2, 0.25) is 0 Å². The molecule has 22 heavy (non-hydrogen) atoms. The van der Waals surface area contributed by atoms with Crippen molar-refractivity contribution >= 4 is 0 Å². The van der Waals surface area contributed by atoms with Gasteiger partial charge < -0.3 is 15.0 Å². The van der Waals surface area contributed by atoms with E-state index in [4.69, 9.17) is 4.74 Å². The number of ether oxygens (including phenoxy) is 1. The Morgan fingerprint density at radius 2 is 2.05 bits per heavy atom. The predicted octanol–water partition coefficient (Wildman–Crippen LogP) is 2.52. The van der Waals surface area contributed by atoms with Crippen molar-refractivity contribution in [1.29, 1.82) is 0 Å². The van der Waals surface area contributed by atoms with Crippen molar-refractivity contribution in [2.24, 2.45) is 5.41 Å². The molecule has 2 saturated heterocycles. The van der Waals surface area contributed by atoms with Crippen LogP contribution in [0.5, 0.6) is 0 Å². The number of halogens is 3. The summed E-state index contributed by atoms with van der Waals surface area (Å²) in [5.74, 6) is 0. The van der Waals surface area contributed by atoms with Crippen LogP contribution in [0, 0.1) is 5.41 Å². The molecule has 0 aliphatic carbocycles. The SMILES string of the molecule is CN(Cc1ccc(C(F)(F)F)cc1)C[C@]12CCO[C@H]1CNC2. The van der Waals surface area contributed by atoms with Crippen molar-refractivity contribution in [1.82, 2.24) is 10.2 Å². The molecule has 0 unspecified atom stereocenters. The van der Waals surface area contributed by atoms with Crippen molar-refractivity contribution in [3.8, 4) is 0 Å². The number of nitrogens with zero attached hydrogens (tertiary/aromatic N) is 1. The van der Waals surface area contributed by atoms with Crippen molar-refractivity contribution in [2.45, 2.75) is 25.2 Å². The van der Waals surface area contributed by atoms with E-state index in [0.717, 1.165) is 50.4 Å². The third-order valence-corrected chi connectivity index (χ3v) is 4.73. The summed E-state index contributed by atoms with van der Waals surface area (Å²) >= 11 is 0. The van der Waals surface area contributed by atoms with E-state index in [1.807, 2.05) is 7.05 Å². The first-order valence-corrected chi connectivity index (χ1v) is 7.56. The largest absolute Gasteiger partial charge is 0.416 e. The molecule has 0 radical (unpaired) electrons. The molecule has 0 amide bonds. The highest BCUT2D eigenvalue weighted by molar-refractivity contribution is 5.24. The first-order chi connectivity index (χ1) is 10.4. The monoisotopic (exact) mass is 314 g/mol. The fraction of sp³-hybridized carbons (Fsp3) is 0.625. The van der Waals surface area contributed by atoms with Gasteiger partial charge in [-0.3, -0.25) is 0 Å². The van der Waals surface area contributed by atoms with Gasteiger partial charge in [0.1, 0.15) is 0 Å². The van der Waals surface area contributed by atoms with Crippen LogP contribution in [0.1, 0.15) is 17.5 Å². The van der Waals surface area contributed by atoms with Crippen LogP contribution in [0.15, 0.2) is 24.3 Å². The van der Waals surface area contributed by atoms with E-state index >= 15 is 0 Å². The van der Waals surface area contributed by atoms with Crippen LogP contribution >= 0.6 is 0 Å². The number of fused-ring (bicyclic) bond motifs is 1. The number of alkyl halides is 3. The molecule has 0 aromatic heterocycles. The van der Waals surface area contributed by atoms with Crippen LogP contribution in [0.25, 0.3) is 0 Å². The summed E-state index contributed by atoms with van der Waals surface area (Å²) in [7, 11) is 2.01. The zero-order valence-corrected chi connectivity index (χ0v) is 12.6. The van der Waals surface area contributed by atoms with Crippen LogP contribution in [0.4, 0.5) is 13.2 Å². The molecule has 6 heteroatoms. The molecule has 1 N–H and O–H groups in total. The smallest absolute Gasteiger partial charge is 0.376 e. The average Bonchev–Trinajstić information content (AvgIpc) is 2.97. The van der Waals surface area contributed by atoms with Crippen LogP contribution in [0.2, 0.25) is 0 Å². The molecule has 0 spiro atoms. The Balaban J connectivity index is 1.61. The molecule has 2 aliphatic rings. The Bertz CT molecular complexity index is 505. The van der Waals surface area contributed by atoms with E-state index in [2.05, 4.69) is 10.2 Å². The summed E-state index contributed by atoms with van der Waals surface area (Å²) in [6, 6.07) is 5.43. The number of rotatable bonds is 4. The number of benzene rings is 1. The molecule has 2 aliphatic heterocycles. The molecule has 3 nitrogen and oxygen atoms in total. The van der Waals surface area contributed by atoms with Crippen LogP contribution in [-0.2, 0) is 17.5 Å². The Labute approximate surface area is 128 Å². The van der Waals surface area contributed by atoms with Gasteiger partial charge in [-0.05, 0) is 31.2 Å². The van der Waals surface area contributed by atoms with Crippen LogP contribution in [0.3, 0.4) is 0 Å². The highest BCUT2D eigenvalue weighted by Crippen LogP contribution is 2.38. The second-order valence-electron chi connectivity index (χ2n) is 6.47. The molecule has 2 fully saturated rings. The van der Waals surface area contributed by atoms with E-state index in [1.54, 1.807) is 12.1 Å². The molecule has 2 heterocycles. The summed E-state index contributed by atoms with van der Waals surface area (Å²) in [5, 5.41) is 3.38. The average molecular weight is 314 g/mol. The molecule has 3 rings (SSSR count). The van der Waals surface area contributed by atoms with Gasteiger partial charge in [0, 0.05) is 38.2 Å². The zero-order chi connectivity index (χ0) is 15.8. The maximum absolute atomic E-state index is 12.6. The van der Waals surface area contributed by atoms with E-state index in [0.29, 0.717) is 6.54 Å². The van der Waals surface area contributed by atoms with Crippen molar-refractivity contribution < 1.29 is 17.9 Å². The first-order valence-electron chi connectivity index (χ1n) is 7.56. The lowest BCUT2D eigenvalue weighted by atomic mass is 9.83. The topological polar surface area (TPSA) is 24.5 Å². The second kappa shape index (κ2) is 5.83. The summed E-state index contributed by atoms with van der Waals surface area (Å²) < 4.78 is 43.5. The summed E-state index contributed by atoms with van der Waals surface area (Å²) in [6.45, 7) is 4.20. The lowest BCUT2D eigenvalue weighted by molar-refractivity contribution is -0.137. The normalized spacial score (nSPS) is 28.3. The van der Waals surface area contributed by atoms with Gasteiger partial charge in [-0.25, -0.2) is 0 Å².